The third kappa shape index (κ3) is 4.81. The second-order valence-electron chi connectivity index (χ2n) is 3.02. The maximum atomic E-state index is 10.5. The molecule has 0 aliphatic rings. The molecule has 0 amide bonds. The first-order valence-corrected chi connectivity index (χ1v) is 4.17. The fourth-order valence-electron chi connectivity index (χ4n) is 0.894. The molecule has 0 spiro atoms. The molecule has 16 heavy (non-hydrogen) atoms. The maximum Gasteiger partial charge on any atom is 0.207 e. The van der Waals surface area contributed by atoms with E-state index < -0.39 is 22.8 Å². The molecule has 0 aliphatic carbocycles. The summed E-state index contributed by atoms with van der Waals surface area (Å²) in [6, 6.07) is -0.643. The lowest BCUT2D eigenvalue weighted by atomic mass is 10.3. The van der Waals surface area contributed by atoms with Crippen LogP contribution in [0.4, 0.5) is 0 Å². The number of hydrazine groups is 2. The molecule has 0 aromatic rings. The van der Waals surface area contributed by atoms with Crippen molar-refractivity contribution >= 4 is 0 Å². The summed E-state index contributed by atoms with van der Waals surface area (Å²) in [5.41, 5.74) is 8.11. The first kappa shape index (κ1) is 13.7. The van der Waals surface area contributed by atoms with Crippen molar-refractivity contribution in [2.45, 2.75) is 13.0 Å². The Morgan fingerprint density at radius 3 is 2.38 bits per heavy atom. The molecule has 0 saturated carbocycles. The lowest BCUT2D eigenvalue weighted by Gasteiger charge is -2.17. The van der Waals surface area contributed by atoms with Gasteiger partial charge in [-0.2, -0.15) is 0 Å². The normalized spacial score (nSPS) is 11.1. The van der Waals surface area contributed by atoms with E-state index in [9.17, 15) is 20.2 Å². The van der Waals surface area contributed by atoms with Gasteiger partial charge in [0.05, 0.1) is 19.6 Å². The topological polar surface area (TPSA) is 142 Å². The second-order valence-corrected chi connectivity index (χ2v) is 3.02. The van der Waals surface area contributed by atoms with Crippen LogP contribution in [0.5, 0.6) is 0 Å². The van der Waals surface area contributed by atoms with E-state index in [-0.39, 0.29) is 6.54 Å². The third-order valence-corrected chi connectivity index (χ3v) is 1.60. The van der Waals surface area contributed by atoms with E-state index in [2.05, 4.69) is 10.0 Å². The van der Waals surface area contributed by atoms with Gasteiger partial charge in [-0.15, -0.1) is 10.0 Å². The van der Waals surface area contributed by atoms with Crippen LogP contribution in [0.15, 0.2) is 5.11 Å². The Morgan fingerprint density at radius 1 is 1.44 bits per heavy atom. The van der Waals surface area contributed by atoms with E-state index in [4.69, 9.17) is 5.53 Å². The van der Waals surface area contributed by atoms with E-state index in [1.807, 2.05) is 0 Å². The minimum atomic E-state index is -0.774. The molecular formula is C5H11N7O4. The molecule has 0 radical (unpaired) electrons. The fourth-order valence-corrected chi connectivity index (χ4v) is 0.894. The summed E-state index contributed by atoms with van der Waals surface area (Å²) in [4.78, 5) is 23.3. The van der Waals surface area contributed by atoms with E-state index in [1.54, 1.807) is 0 Å². The Hall–Kier alpha value is -2.29. The van der Waals surface area contributed by atoms with Crippen molar-refractivity contribution in [2.75, 3.05) is 20.3 Å². The zero-order valence-electron chi connectivity index (χ0n) is 8.76. The van der Waals surface area contributed by atoms with Gasteiger partial charge < -0.3 is 0 Å². The standard InChI is InChI=1S/C5H11N7O4/c1-5(7-8-6)3-10(12(15)16)4-9(2)11(13)14/h5H,3-4H2,1-2H3. The van der Waals surface area contributed by atoms with Crippen molar-refractivity contribution in [1.82, 2.24) is 10.0 Å². The molecule has 0 N–H and O–H groups in total. The highest BCUT2D eigenvalue weighted by Gasteiger charge is 2.23. The van der Waals surface area contributed by atoms with Crippen LogP contribution in [0, 0.1) is 20.2 Å². The zero-order chi connectivity index (χ0) is 12.7. The average molecular weight is 233 g/mol. The minimum absolute atomic E-state index is 0.199. The number of azide groups is 1. The van der Waals surface area contributed by atoms with Gasteiger partial charge in [-0.3, -0.25) is 0 Å². The number of nitrogens with zero attached hydrogens (tertiary/aromatic N) is 7. The number of rotatable bonds is 7. The van der Waals surface area contributed by atoms with Crippen molar-refractivity contribution < 1.29 is 10.1 Å². The van der Waals surface area contributed by atoms with Gasteiger partial charge in [-0.05, 0) is 5.53 Å². The molecule has 0 aromatic carbocycles. The van der Waals surface area contributed by atoms with Crippen LogP contribution in [-0.4, -0.2) is 46.4 Å². The van der Waals surface area contributed by atoms with Gasteiger partial charge in [0.2, 0.25) is 6.67 Å². The summed E-state index contributed by atoms with van der Waals surface area (Å²) < 4.78 is 0. The Balaban J connectivity index is 4.45. The zero-order valence-corrected chi connectivity index (χ0v) is 8.76. The largest absolute Gasteiger partial charge is 0.235 e. The van der Waals surface area contributed by atoms with Crippen LogP contribution in [0.1, 0.15) is 6.92 Å². The fraction of sp³-hybridized carbons (Fsp3) is 1.00. The first-order valence-electron chi connectivity index (χ1n) is 4.17. The highest BCUT2D eigenvalue weighted by atomic mass is 16.7. The molecule has 0 saturated heterocycles. The molecule has 0 rings (SSSR count). The van der Waals surface area contributed by atoms with Crippen molar-refractivity contribution in [1.29, 1.82) is 0 Å². The summed E-state index contributed by atoms with van der Waals surface area (Å²) in [5, 5.41) is 23.7. The molecule has 1 unspecified atom stereocenters. The summed E-state index contributed by atoms with van der Waals surface area (Å²) in [6.45, 7) is 0.781. The molecule has 0 aliphatic heterocycles. The van der Waals surface area contributed by atoms with Gasteiger partial charge in [-0.1, -0.05) is 12.0 Å². The van der Waals surface area contributed by atoms with Crippen LogP contribution in [-0.2, 0) is 0 Å². The molecule has 11 nitrogen and oxygen atoms in total. The lowest BCUT2D eigenvalue weighted by molar-refractivity contribution is -0.708. The first-order chi connectivity index (χ1) is 7.38. The quantitative estimate of drug-likeness (QED) is 0.154. The SMILES string of the molecule is CC(CN(CN(C)[N+](=O)[O-])[N+](=O)[O-])N=[N+]=[N-]. The van der Waals surface area contributed by atoms with Gasteiger partial charge in [0.15, 0.2) is 10.1 Å². The van der Waals surface area contributed by atoms with Gasteiger partial charge in [0.1, 0.15) is 0 Å². The van der Waals surface area contributed by atoms with Crippen LogP contribution in [0.25, 0.3) is 10.4 Å². The maximum absolute atomic E-state index is 10.5. The highest BCUT2D eigenvalue weighted by molar-refractivity contribution is 4.62. The van der Waals surface area contributed by atoms with Crippen molar-refractivity contribution in [3.8, 4) is 0 Å². The predicted octanol–water partition coefficient (Wildman–Crippen LogP) is 0.260. The summed E-state index contributed by atoms with van der Waals surface area (Å²) in [5.74, 6) is 0. The van der Waals surface area contributed by atoms with Gasteiger partial charge in [0.25, 0.3) is 0 Å². The van der Waals surface area contributed by atoms with Crippen molar-refractivity contribution in [3.63, 3.8) is 0 Å². The summed E-state index contributed by atoms with van der Waals surface area (Å²) in [7, 11) is 1.11. The molecule has 0 fully saturated rings. The van der Waals surface area contributed by atoms with Gasteiger partial charge >= 0.3 is 0 Å². The Kier molecular flexibility index (Phi) is 5.35. The molecule has 11 heteroatoms. The second kappa shape index (κ2) is 6.24. The van der Waals surface area contributed by atoms with E-state index >= 15 is 0 Å². The molecule has 90 valence electrons. The van der Waals surface area contributed by atoms with Crippen molar-refractivity contribution in [3.05, 3.63) is 30.7 Å². The molecular weight excluding hydrogens is 222 g/mol. The van der Waals surface area contributed by atoms with Crippen LogP contribution in [0.2, 0.25) is 0 Å². The monoisotopic (exact) mass is 233 g/mol. The summed E-state index contributed by atoms with van der Waals surface area (Å²) >= 11 is 0. The number of nitro groups is 2. The van der Waals surface area contributed by atoms with Gasteiger partial charge in [0, 0.05) is 4.91 Å². The molecule has 0 aromatic heterocycles. The highest BCUT2D eigenvalue weighted by Crippen LogP contribution is 1.99. The van der Waals surface area contributed by atoms with Crippen LogP contribution < -0.4 is 0 Å². The lowest BCUT2D eigenvalue weighted by Crippen LogP contribution is -2.44. The Morgan fingerprint density at radius 2 is 2.00 bits per heavy atom. The molecule has 1 atom stereocenters. The summed E-state index contributed by atoms with van der Waals surface area (Å²) in [6.07, 6.45) is 0. The Labute approximate surface area is 90.1 Å². The smallest absolute Gasteiger partial charge is 0.207 e. The average Bonchev–Trinajstić information content (AvgIpc) is 2.16. The van der Waals surface area contributed by atoms with Crippen LogP contribution in [0.3, 0.4) is 0 Å². The van der Waals surface area contributed by atoms with Gasteiger partial charge in [-0.25, -0.2) is 20.2 Å². The van der Waals surface area contributed by atoms with Crippen molar-refractivity contribution in [2.24, 2.45) is 5.11 Å². The van der Waals surface area contributed by atoms with E-state index in [1.165, 1.54) is 6.92 Å². The van der Waals surface area contributed by atoms with E-state index in [0.29, 0.717) is 10.0 Å². The van der Waals surface area contributed by atoms with E-state index in [0.717, 1.165) is 7.05 Å². The molecule has 0 bridgehead atoms. The number of hydrogen-bond acceptors (Lipinski definition) is 5. The number of hydrogen-bond donors (Lipinski definition) is 0. The predicted molar refractivity (Wildman–Crippen MR) is 51.9 cm³/mol. The van der Waals surface area contributed by atoms with Crippen LogP contribution >= 0.6 is 0 Å². The third-order valence-electron chi connectivity index (χ3n) is 1.60. The Bertz CT molecular complexity index is 304. The molecule has 0 heterocycles. The minimum Gasteiger partial charge on any atom is -0.235 e.